The number of carbonyl (C=O) groups excluding carboxylic acids is 1. The van der Waals surface area contributed by atoms with E-state index in [9.17, 15) is 14.0 Å². The number of rotatable bonds is 7. The fourth-order valence-electron chi connectivity index (χ4n) is 0.829. The molecule has 0 saturated carbocycles. The van der Waals surface area contributed by atoms with E-state index in [1.54, 1.807) is 0 Å². The molecule has 0 unspecified atom stereocenters. The van der Waals surface area contributed by atoms with Crippen LogP contribution in [0.4, 0.5) is 9.18 Å². The van der Waals surface area contributed by atoms with Gasteiger partial charge in [-0.25, -0.2) is 9.18 Å². The van der Waals surface area contributed by atoms with Crippen LogP contribution in [0.1, 0.15) is 12.8 Å². The van der Waals surface area contributed by atoms with Crippen molar-refractivity contribution in [3.05, 3.63) is 12.7 Å². The molecule has 0 bridgehead atoms. The van der Waals surface area contributed by atoms with Crippen LogP contribution in [0, 0.1) is 0 Å². The Labute approximate surface area is 86.9 Å². The molecule has 0 heterocycles. The summed E-state index contributed by atoms with van der Waals surface area (Å²) in [6.07, 6.45) is 0.440. The Hall–Kier alpha value is -1.59. The molecule has 0 aromatic carbocycles. The lowest BCUT2D eigenvalue weighted by molar-refractivity contribution is -0.137. The van der Waals surface area contributed by atoms with Crippen LogP contribution in [0.5, 0.6) is 0 Å². The molecule has 15 heavy (non-hydrogen) atoms. The number of aliphatic carboxylic acids is 1. The van der Waals surface area contributed by atoms with Gasteiger partial charge in [0, 0.05) is 6.42 Å². The zero-order valence-electron chi connectivity index (χ0n) is 8.24. The molecular formula is C9H14FNO4. The summed E-state index contributed by atoms with van der Waals surface area (Å²) in [6.45, 7) is 2.54. The summed E-state index contributed by atoms with van der Waals surface area (Å²) >= 11 is 0. The summed E-state index contributed by atoms with van der Waals surface area (Å²) in [5, 5.41) is 10.6. The first-order valence-corrected chi connectivity index (χ1v) is 4.42. The monoisotopic (exact) mass is 219 g/mol. The van der Waals surface area contributed by atoms with Crippen molar-refractivity contribution >= 4 is 12.1 Å². The molecule has 1 amide bonds. The van der Waals surface area contributed by atoms with E-state index in [4.69, 9.17) is 5.11 Å². The Kier molecular flexibility index (Phi) is 6.96. The highest BCUT2D eigenvalue weighted by molar-refractivity contribution is 5.68. The van der Waals surface area contributed by atoms with Gasteiger partial charge in [0.2, 0.25) is 0 Å². The Morgan fingerprint density at radius 1 is 1.60 bits per heavy atom. The predicted octanol–water partition coefficient (Wildman–Crippen LogP) is 1.10. The number of hydrogen-bond donors (Lipinski definition) is 2. The summed E-state index contributed by atoms with van der Waals surface area (Å²) in [5.74, 6) is -1.03. The number of alkyl halides is 1. The number of carbonyl (C=O) groups is 2. The number of ether oxygens (including phenoxy) is 1. The van der Waals surface area contributed by atoms with E-state index in [1.807, 2.05) is 0 Å². The average molecular weight is 219 g/mol. The number of hydrogen-bond acceptors (Lipinski definition) is 3. The number of carboxylic acid groups (broad SMARTS) is 1. The average Bonchev–Trinajstić information content (AvgIpc) is 2.20. The third-order valence-electron chi connectivity index (χ3n) is 1.55. The predicted molar refractivity (Wildman–Crippen MR) is 51.3 cm³/mol. The number of carboxylic acids is 1. The Morgan fingerprint density at radius 2 is 2.27 bits per heavy atom. The van der Waals surface area contributed by atoms with E-state index in [0.29, 0.717) is 0 Å². The van der Waals surface area contributed by atoms with Crippen molar-refractivity contribution in [3.63, 3.8) is 0 Å². The first-order chi connectivity index (χ1) is 7.10. The molecule has 1 atom stereocenters. The van der Waals surface area contributed by atoms with Gasteiger partial charge in [-0.2, -0.15) is 0 Å². The SMILES string of the molecule is C=CCOC(=O)N[C@H](CF)CCC(=O)O. The van der Waals surface area contributed by atoms with Gasteiger partial charge >= 0.3 is 12.1 Å². The maximum Gasteiger partial charge on any atom is 0.407 e. The molecule has 86 valence electrons. The lowest BCUT2D eigenvalue weighted by Gasteiger charge is -2.13. The summed E-state index contributed by atoms with van der Waals surface area (Å²) in [7, 11) is 0. The first-order valence-electron chi connectivity index (χ1n) is 4.42. The standard InChI is InChI=1S/C9H14FNO4/c1-2-5-15-9(14)11-7(6-10)3-4-8(12)13/h2,7H,1,3-6H2,(H,11,14)(H,12,13)/t7-/m0/s1. The third-order valence-corrected chi connectivity index (χ3v) is 1.55. The Balaban J connectivity index is 3.81. The van der Waals surface area contributed by atoms with E-state index >= 15 is 0 Å². The number of nitrogens with one attached hydrogen (secondary N) is 1. The maximum atomic E-state index is 12.3. The maximum absolute atomic E-state index is 12.3. The van der Waals surface area contributed by atoms with Gasteiger partial charge in [0.1, 0.15) is 13.3 Å². The largest absolute Gasteiger partial charge is 0.481 e. The van der Waals surface area contributed by atoms with Crippen LogP contribution in [0.2, 0.25) is 0 Å². The molecule has 0 fully saturated rings. The van der Waals surface area contributed by atoms with Crippen molar-refractivity contribution in [1.29, 1.82) is 0 Å². The summed E-state index contributed by atoms with van der Waals surface area (Å²) in [6, 6.07) is -0.821. The van der Waals surface area contributed by atoms with Gasteiger partial charge in [-0.3, -0.25) is 4.79 Å². The van der Waals surface area contributed by atoms with Crippen LogP contribution in [-0.2, 0) is 9.53 Å². The molecule has 6 heteroatoms. The van der Waals surface area contributed by atoms with Gasteiger partial charge in [-0.05, 0) is 6.42 Å². The molecule has 2 N–H and O–H groups in total. The summed E-state index contributed by atoms with van der Waals surface area (Å²) < 4.78 is 16.9. The second-order valence-corrected chi connectivity index (χ2v) is 2.82. The molecular weight excluding hydrogens is 205 g/mol. The minimum absolute atomic E-state index is 0.0315. The van der Waals surface area contributed by atoms with Crippen LogP contribution < -0.4 is 5.32 Å². The zero-order chi connectivity index (χ0) is 11.7. The van der Waals surface area contributed by atoms with Crippen LogP contribution in [0.25, 0.3) is 0 Å². The molecule has 0 aromatic heterocycles. The van der Waals surface area contributed by atoms with Crippen molar-refractivity contribution in [2.24, 2.45) is 0 Å². The molecule has 0 spiro atoms. The van der Waals surface area contributed by atoms with Gasteiger partial charge in [0.05, 0.1) is 6.04 Å². The highest BCUT2D eigenvalue weighted by atomic mass is 19.1. The lowest BCUT2D eigenvalue weighted by atomic mass is 10.2. The Morgan fingerprint density at radius 3 is 2.73 bits per heavy atom. The summed E-state index contributed by atoms with van der Waals surface area (Å²) in [4.78, 5) is 21.1. The minimum Gasteiger partial charge on any atom is -0.481 e. The third kappa shape index (κ3) is 7.48. The van der Waals surface area contributed by atoms with E-state index < -0.39 is 24.8 Å². The van der Waals surface area contributed by atoms with Crippen LogP contribution in [0.15, 0.2) is 12.7 Å². The van der Waals surface area contributed by atoms with Gasteiger partial charge in [0.15, 0.2) is 0 Å². The van der Waals surface area contributed by atoms with Crippen molar-refractivity contribution in [3.8, 4) is 0 Å². The van der Waals surface area contributed by atoms with E-state index in [2.05, 4.69) is 16.6 Å². The quantitative estimate of drug-likeness (QED) is 0.629. The van der Waals surface area contributed by atoms with Gasteiger partial charge < -0.3 is 15.2 Å². The van der Waals surface area contributed by atoms with Crippen molar-refractivity contribution in [2.75, 3.05) is 13.3 Å². The second kappa shape index (κ2) is 7.78. The zero-order valence-corrected chi connectivity index (χ0v) is 8.24. The Bertz CT molecular complexity index is 232. The van der Waals surface area contributed by atoms with Crippen molar-refractivity contribution < 1.29 is 23.8 Å². The van der Waals surface area contributed by atoms with Crippen LogP contribution >= 0.6 is 0 Å². The first kappa shape index (κ1) is 13.4. The molecule has 0 aromatic rings. The van der Waals surface area contributed by atoms with Crippen LogP contribution in [0.3, 0.4) is 0 Å². The highest BCUT2D eigenvalue weighted by Gasteiger charge is 2.13. The fraction of sp³-hybridized carbons (Fsp3) is 0.556. The van der Waals surface area contributed by atoms with E-state index in [0.717, 1.165) is 0 Å². The number of alkyl carbamates (subject to hydrolysis) is 1. The number of amides is 1. The molecule has 0 rings (SSSR count). The molecule has 0 aliphatic rings. The van der Waals surface area contributed by atoms with Crippen molar-refractivity contribution in [1.82, 2.24) is 5.32 Å². The van der Waals surface area contributed by atoms with E-state index in [-0.39, 0.29) is 19.4 Å². The number of halogens is 1. The normalized spacial score (nSPS) is 11.5. The van der Waals surface area contributed by atoms with E-state index in [1.165, 1.54) is 6.08 Å². The molecule has 0 saturated heterocycles. The van der Waals surface area contributed by atoms with Gasteiger partial charge in [-0.1, -0.05) is 12.7 Å². The van der Waals surface area contributed by atoms with Crippen molar-refractivity contribution in [2.45, 2.75) is 18.9 Å². The molecule has 0 aliphatic heterocycles. The highest BCUT2D eigenvalue weighted by Crippen LogP contribution is 1.99. The van der Waals surface area contributed by atoms with Gasteiger partial charge in [-0.15, -0.1) is 0 Å². The minimum atomic E-state index is -1.03. The second-order valence-electron chi connectivity index (χ2n) is 2.82. The van der Waals surface area contributed by atoms with Crippen LogP contribution in [-0.4, -0.2) is 36.5 Å². The topological polar surface area (TPSA) is 75.6 Å². The summed E-state index contributed by atoms with van der Waals surface area (Å²) in [5.41, 5.74) is 0. The molecule has 5 nitrogen and oxygen atoms in total. The fourth-order valence-corrected chi connectivity index (χ4v) is 0.829. The molecule has 0 aliphatic carbocycles. The lowest BCUT2D eigenvalue weighted by Crippen LogP contribution is -2.37. The molecule has 0 radical (unpaired) electrons. The smallest absolute Gasteiger partial charge is 0.407 e. The van der Waals surface area contributed by atoms with Gasteiger partial charge in [0.25, 0.3) is 0 Å².